The van der Waals surface area contributed by atoms with Gasteiger partial charge < -0.3 is 10.2 Å². The Hall–Kier alpha value is -3.92. The van der Waals surface area contributed by atoms with Gasteiger partial charge in [0.05, 0.1) is 10.6 Å². The molecular weight excluding hydrogens is 648 g/mol. The molecule has 0 heterocycles. The van der Waals surface area contributed by atoms with Gasteiger partial charge in [-0.15, -0.1) is 0 Å². The van der Waals surface area contributed by atoms with Crippen molar-refractivity contribution in [2.75, 3.05) is 17.4 Å². The molecule has 0 radical (unpaired) electrons. The number of carbonyl (C=O) groups excluding carboxylic acids is 2. The number of amides is 2. The first-order chi connectivity index (χ1) is 21.9. The summed E-state index contributed by atoms with van der Waals surface area (Å²) in [7, 11) is -4.43. The lowest BCUT2D eigenvalue weighted by molar-refractivity contribution is -0.140. The molecule has 1 N–H and O–H groups in total. The van der Waals surface area contributed by atoms with Crippen LogP contribution in [0.5, 0.6) is 0 Å². The third-order valence-electron chi connectivity index (χ3n) is 7.32. The zero-order valence-electron chi connectivity index (χ0n) is 25.8. The third-order valence-corrected chi connectivity index (χ3v) is 9.68. The van der Waals surface area contributed by atoms with E-state index in [1.807, 2.05) is 51.1 Å². The van der Waals surface area contributed by atoms with Gasteiger partial charge in [0.1, 0.15) is 18.4 Å². The van der Waals surface area contributed by atoms with Crippen LogP contribution >= 0.6 is 23.2 Å². The molecule has 0 aromatic heterocycles. The van der Waals surface area contributed by atoms with Crippen molar-refractivity contribution in [2.45, 2.75) is 44.7 Å². The normalized spacial score (nSPS) is 12.1. The fourth-order valence-electron chi connectivity index (χ4n) is 4.81. The smallest absolute Gasteiger partial charge is 0.264 e. The molecule has 0 aliphatic heterocycles. The highest BCUT2D eigenvalue weighted by Gasteiger charge is 2.35. The number of nitrogens with zero attached hydrogens (tertiary/aromatic N) is 2. The van der Waals surface area contributed by atoms with E-state index in [2.05, 4.69) is 5.32 Å². The van der Waals surface area contributed by atoms with Crippen molar-refractivity contribution >= 4 is 50.7 Å². The quantitative estimate of drug-likeness (QED) is 0.164. The summed E-state index contributed by atoms with van der Waals surface area (Å²) in [5.41, 5.74) is 1.80. The zero-order valence-corrected chi connectivity index (χ0v) is 28.1. The minimum Gasteiger partial charge on any atom is -0.354 e. The van der Waals surface area contributed by atoms with Crippen LogP contribution in [-0.2, 0) is 32.6 Å². The van der Waals surface area contributed by atoms with Crippen molar-refractivity contribution < 1.29 is 22.4 Å². The Balaban J connectivity index is 1.83. The fraction of sp³-hybridized carbons (Fsp3) is 0.257. The van der Waals surface area contributed by atoms with Gasteiger partial charge in [0.15, 0.2) is 0 Å². The van der Waals surface area contributed by atoms with E-state index in [0.717, 1.165) is 21.5 Å². The third kappa shape index (κ3) is 8.87. The first-order valence-corrected chi connectivity index (χ1v) is 17.0. The van der Waals surface area contributed by atoms with Crippen LogP contribution in [0.2, 0.25) is 10.0 Å². The van der Waals surface area contributed by atoms with E-state index in [1.54, 1.807) is 24.3 Å². The lowest BCUT2D eigenvalue weighted by atomic mass is 10.0. The number of benzene rings is 4. The zero-order chi connectivity index (χ0) is 33.4. The topological polar surface area (TPSA) is 86.8 Å². The van der Waals surface area contributed by atoms with Crippen molar-refractivity contribution in [3.8, 4) is 0 Å². The number of aryl methyl sites for hydroxylation is 1. The van der Waals surface area contributed by atoms with Crippen molar-refractivity contribution in [3.05, 3.63) is 130 Å². The molecular formula is C35H36Cl2FN3O4S. The maximum absolute atomic E-state index is 15.3. The molecule has 1 atom stereocenters. The minimum absolute atomic E-state index is 0.114. The Bertz CT molecular complexity index is 1770. The monoisotopic (exact) mass is 683 g/mol. The number of nitrogens with one attached hydrogen (secondary N) is 1. The Morgan fingerprint density at radius 3 is 2.17 bits per heavy atom. The van der Waals surface area contributed by atoms with Gasteiger partial charge in [0.2, 0.25) is 11.8 Å². The van der Waals surface area contributed by atoms with Crippen molar-refractivity contribution in [2.24, 2.45) is 5.92 Å². The van der Waals surface area contributed by atoms with Gasteiger partial charge in [0, 0.05) is 29.6 Å². The molecule has 0 bridgehead atoms. The molecule has 0 saturated carbocycles. The van der Waals surface area contributed by atoms with Crippen molar-refractivity contribution in [1.82, 2.24) is 10.2 Å². The Morgan fingerprint density at radius 1 is 0.891 bits per heavy atom. The second-order valence-corrected chi connectivity index (χ2v) is 14.1. The molecule has 2 amide bonds. The molecule has 0 aliphatic carbocycles. The van der Waals surface area contributed by atoms with Gasteiger partial charge in [-0.1, -0.05) is 103 Å². The van der Waals surface area contributed by atoms with E-state index in [0.29, 0.717) is 17.1 Å². The summed E-state index contributed by atoms with van der Waals surface area (Å²) in [6.45, 7) is 5.14. The van der Waals surface area contributed by atoms with E-state index in [1.165, 1.54) is 41.3 Å². The van der Waals surface area contributed by atoms with Crippen LogP contribution in [0.4, 0.5) is 10.1 Å². The molecule has 0 saturated heterocycles. The largest absolute Gasteiger partial charge is 0.354 e. The summed E-state index contributed by atoms with van der Waals surface area (Å²) in [5.74, 6) is -1.85. The lowest BCUT2D eigenvalue weighted by Crippen LogP contribution is -2.53. The number of para-hydroxylation sites is 1. The molecule has 46 heavy (non-hydrogen) atoms. The lowest BCUT2D eigenvalue weighted by Gasteiger charge is -2.34. The molecule has 11 heteroatoms. The predicted molar refractivity (Wildman–Crippen MR) is 181 cm³/mol. The Kier molecular flexibility index (Phi) is 11.8. The molecule has 0 spiro atoms. The number of carbonyl (C=O) groups is 2. The first-order valence-electron chi connectivity index (χ1n) is 14.8. The average molecular weight is 685 g/mol. The van der Waals surface area contributed by atoms with Crippen LogP contribution in [0, 0.1) is 18.7 Å². The second-order valence-electron chi connectivity index (χ2n) is 11.4. The van der Waals surface area contributed by atoms with Crippen LogP contribution in [0.15, 0.2) is 102 Å². The van der Waals surface area contributed by atoms with Crippen molar-refractivity contribution in [3.63, 3.8) is 0 Å². The maximum atomic E-state index is 15.3. The highest BCUT2D eigenvalue weighted by atomic mass is 35.5. The summed E-state index contributed by atoms with van der Waals surface area (Å²) < 4.78 is 44.1. The number of rotatable bonds is 13. The van der Waals surface area contributed by atoms with E-state index in [9.17, 15) is 18.0 Å². The molecule has 7 nitrogen and oxygen atoms in total. The van der Waals surface area contributed by atoms with E-state index in [4.69, 9.17) is 23.2 Å². The van der Waals surface area contributed by atoms with Gasteiger partial charge in [-0.3, -0.25) is 13.9 Å². The average Bonchev–Trinajstić information content (AvgIpc) is 3.02. The van der Waals surface area contributed by atoms with Gasteiger partial charge in [-0.05, 0) is 60.4 Å². The molecule has 0 aliphatic rings. The number of halogens is 3. The standard InChI is InChI=1S/C35H36Cl2FN3O4S/c1-24(2)21-39-35(43)33(19-26-9-5-4-6-10-26)40(22-27-15-16-28(36)20-30(27)37)34(42)23-41(32-12-8-7-11-31(32)38)46(44,45)29-17-13-25(3)14-18-29/h4-18,20,24,33H,19,21-23H2,1-3H3,(H,39,43). The molecule has 242 valence electrons. The minimum atomic E-state index is -4.43. The number of sulfonamides is 1. The second kappa shape index (κ2) is 15.6. The van der Waals surface area contributed by atoms with E-state index < -0.39 is 40.2 Å². The van der Waals surface area contributed by atoms with E-state index >= 15 is 4.39 Å². The van der Waals surface area contributed by atoms with Gasteiger partial charge >= 0.3 is 0 Å². The van der Waals surface area contributed by atoms with Gasteiger partial charge in [-0.25, -0.2) is 12.8 Å². The molecule has 4 rings (SSSR count). The van der Waals surface area contributed by atoms with Crippen LogP contribution < -0.4 is 9.62 Å². The van der Waals surface area contributed by atoms with Gasteiger partial charge in [0.25, 0.3) is 10.0 Å². The van der Waals surface area contributed by atoms with Crippen LogP contribution in [0.3, 0.4) is 0 Å². The molecule has 0 fully saturated rings. The first kappa shape index (κ1) is 34.9. The fourth-order valence-corrected chi connectivity index (χ4v) is 6.70. The Morgan fingerprint density at radius 2 is 1.54 bits per heavy atom. The van der Waals surface area contributed by atoms with Crippen LogP contribution in [0.25, 0.3) is 0 Å². The summed E-state index contributed by atoms with van der Waals surface area (Å²) in [5, 5.41) is 3.58. The predicted octanol–water partition coefficient (Wildman–Crippen LogP) is 7.05. The molecule has 4 aromatic carbocycles. The summed E-state index contributed by atoms with van der Waals surface area (Å²) in [6.07, 6.45) is 0.131. The molecule has 4 aromatic rings. The SMILES string of the molecule is Cc1ccc(S(=O)(=O)N(CC(=O)N(Cc2ccc(Cl)cc2Cl)C(Cc2ccccc2)C(=O)NCC(C)C)c2ccccc2F)cc1. The van der Waals surface area contributed by atoms with Crippen LogP contribution in [0.1, 0.15) is 30.5 Å². The van der Waals surface area contributed by atoms with Crippen LogP contribution in [-0.4, -0.2) is 44.3 Å². The number of hydrogen-bond donors (Lipinski definition) is 1. The highest BCUT2D eigenvalue weighted by molar-refractivity contribution is 7.92. The molecule has 1 unspecified atom stereocenters. The Labute approximate surface area is 280 Å². The number of hydrogen-bond acceptors (Lipinski definition) is 4. The van der Waals surface area contributed by atoms with Crippen molar-refractivity contribution in [1.29, 1.82) is 0 Å². The maximum Gasteiger partial charge on any atom is 0.264 e. The number of anilines is 1. The van der Waals surface area contributed by atoms with Gasteiger partial charge in [-0.2, -0.15) is 0 Å². The van der Waals surface area contributed by atoms with E-state index in [-0.39, 0.29) is 34.5 Å². The summed E-state index contributed by atoms with van der Waals surface area (Å²) >= 11 is 12.7. The summed E-state index contributed by atoms with van der Waals surface area (Å²) in [4.78, 5) is 29.5. The highest BCUT2D eigenvalue weighted by Crippen LogP contribution is 2.28. The summed E-state index contributed by atoms with van der Waals surface area (Å²) in [6, 6.07) is 24.3.